The van der Waals surface area contributed by atoms with E-state index in [0.717, 1.165) is 51.1 Å². The van der Waals surface area contributed by atoms with Gasteiger partial charge < -0.3 is 14.2 Å². The molecule has 5 aromatic rings. The Bertz CT molecular complexity index is 1940. The second kappa shape index (κ2) is 8.64. The van der Waals surface area contributed by atoms with Crippen LogP contribution in [-0.2, 0) is 10.1 Å². The summed E-state index contributed by atoms with van der Waals surface area (Å²) in [6.45, 7) is 7.43. The van der Waals surface area contributed by atoms with E-state index in [4.69, 9.17) is 9.07 Å². The van der Waals surface area contributed by atoms with Crippen LogP contribution in [0.3, 0.4) is 0 Å². The maximum absolute atomic E-state index is 10.6. The van der Waals surface area contributed by atoms with Crippen LogP contribution in [0.25, 0.3) is 44.2 Å². The molecule has 0 radical (unpaired) electrons. The minimum atomic E-state index is -0.962. The minimum absolute atomic E-state index is 0.225. The van der Waals surface area contributed by atoms with Crippen LogP contribution < -0.4 is 5.46 Å². The van der Waals surface area contributed by atoms with E-state index >= 15 is 0 Å². The smallest absolute Gasteiger partial charge is 0.313 e. The lowest BCUT2D eigenvalue weighted by Gasteiger charge is -2.43. The van der Waals surface area contributed by atoms with Gasteiger partial charge in [0.25, 0.3) is 0 Å². The number of furan rings is 1. The van der Waals surface area contributed by atoms with E-state index in [-0.39, 0.29) is 5.41 Å². The highest BCUT2D eigenvalue weighted by atomic mass is 16.5. The molecule has 5 atom stereocenters. The maximum atomic E-state index is 10.6. The van der Waals surface area contributed by atoms with Gasteiger partial charge in [-0.05, 0) is 134 Å². The standard InChI is InChI=1S/C39H39BO3/c1-37(2,41)38(3,4)43-40-34-11-7-9-29-28-14-12-24(21-35(28)42-36(29)34)23-13-15-32-30(20-23)27-8-5-6-10-31(27)39(32)26-17-22-16-25(19-26)33(39)18-22/h5-15,20-22,25-26,33,40-41H,16-19H2,1-4H3. The van der Waals surface area contributed by atoms with Gasteiger partial charge in [0, 0.05) is 16.2 Å². The number of hydrogen-bond donors (Lipinski definition) is 1. The summed E-state index contributed by atoms with van der Waals surface area (Å²) in [5, 5.41) is 12.8. The van der Waals surface area contributed by atoms with Crippen molar-refractivity contribution < 1.29 is 14.2 Å². The molecule has 0 amide bonds. The lowest BCUT2D eigenvalue weighted by Crippen LogP contribution is -2.49. The number of fused-ring (bicyclic) bond motifs is 6. The fourth-order valence-corrected chi connectivity index (χ4v) is 9.74. The lowest BCUT2D eigenvalue weighted by atomic mass is 9.59. The molecule has 5 aliphatic rings. The summed E-state index contributed by atoms with van der Waals surface area (Å²) >= 11 is 0. The summed E-state index contributed by atoms with van der Waals surface area (Å²) in [5.41, 5.74) is 9.85. The Morgan fingerprint density at radius 1 is 0.791 bits per heavy atom. The van der Waals surface area contributed by atoms with Gasteiger partial charge in [-0.2, -0.15) is 0 Å². The van der Waals surface area contributed by atoms with E-state index in [9.17, 15) is 5.11 Å². The fourth-order valence-electron chi connectivity index (χ4n) is 9.74. The predicted molar refractivity (Wildman–Crippen MR) is 176 cm³/mol. The molecule has 4 aromatic carbocycles. The molecule has 5 unspecified atom stereocenters. The van der Waals surface area contributed by atoms with Gasteiger partial charge in [-0.15, -0.1) is 0 Å². The van der Waals surface area contributed by atoms with Crippen molar-refractivity contribution in [3.8, 4) is 22.3 Å². The van der Waals surface area contributed by atoms with Crippen LogP contribution in [0.1, 0.15) is 64.5 Å². The summed E-state index contributed by atoms with van der Waals surface area (Å²) in [7, 11) is 0.372. The monoisotopic (exact) mass is 566 g/mol. The Morgan fingerprint density at radius 3 is 2.42 bits per heavy atom. The molecule has 1 spiro atoms. The third kappa shape index (κ3) is 3.45. The topological polar surface area (TPSA) is 42.6 Å². The van der Waals surface area contributed by atoms with Crippen molar-refractivity contribution in [2.24, 2.45) is 23.7 Å². The Labute approximate surface area is 254 Å². The SMILES string of the molecule is CC(C)(O)C(C)(C)OBc1cccc2c1oc1cc(-c3ccc4c(c3)-c3ccccc3C43C4CC5CC(C4)C3C5)ccc12. The average molecular weight is 567 g/mol. The largest absolute Gasteiger partial charge is 0.457 e. The molecular formula is C39H39BO3. The van der Waals surface area contributed by atoms with Gasteiger partial charge in [-0.1, -0.05) is 60.7 Å². The van der Waals surface area contributed by atoms with Crippen molar-refractivity contribution in [1.82, 2.24) is 0 Å². The highest BCUT2D eigenvalue weighted by molar-refractivity contribution is 6.51. The first-order valence-corrected chi connectivity index (χ1v) is 16.2. The van der Waals surface area contributed by atoms with Gasteiger partial charge >= 0.3 is 7.48 Å². The van der Waals surface area contributed by atoms with Crippen LogP contribution in [0.4, 0.5) is 0 Å². The second-order valence-electron chi connectivity index (χ2n) is 15.0. The molecule has 1 aromatic heterocycles. The summed E-state index contributed by atoms with van der Waals surface area (Å²) < 4.78 is 12.8. The number of benzene rings is 4. The molecule has 216 valence electrons. The quantitative estimate of drug-likeness (QED) is 0.219. The summed E-state index contributed by atoms with van der Waals surface area (Å²) in [4.78, 5) is 0. The van der Waals surface area contributed by atoms with Crippen molar-refractivity contribution in [1.29, 1.82) is 0 Å². The van der Waals surface area contributed by atoms with Crippen molar-refractivity contribution >= 4 is 34.9 Å². The third-order valence-electron chi connectivity index (χ3n) is 12.3. The summed E-state index contributed by atoms with van der Waals surface area (Å²) in [5.74, 6) is 3.48. The molecule has 4 saturated carbocycles. The van der Waals surface area contributed by atoms with Gasteiger partial charge in [0.1, 0.15) is 11.2 Å². The number of para-hydroxylation sites is 1. The Hall–Kier alpha value is -3.34. The highest BCUT2D eigenvalue weighted by Crippen LogP contribution is 2.72. The van der Waals surface area contributed by atoms with Gasteiger partial charge in [0.15, 0.2) is 0 Å². The molecule has 1 N–H and O–H groups in total. The molecule has 4 bridgehead atoms. The molecular weight excluding hydrogens is 527 g/mol. The molecule has 0 aliphatic heterocycles. The molecule has 43 heavy (non-hydrogen) atoms. The maximum Gasteiger partial charge on any atom is 0.313 e. The molecule has 3 nitrogen and oxygen atoms in total. The van der Waals surface area contributed by atoms with Gasteiger partial charge in [-0.25, -0.2) is 0 Å². The molecule has 4 heteroatoms. The first-order chi connectivity index (χ1) is 20.6. The molecule has 5 aliphatic carbocycles. The zero-order valence-corrected chi connectivity index (χ0v) is 25.6. The van der Waals surface area contributed by atoms with Crippen LogP contribution in [-0.4, -0.2) is 23.8 Å². The zero-order valence-electron chi connectivity index (χ0n) is 25.6. The van der Waals surface area contributed by atoms with E-state index in [1.54, 1.807) is 25.0 Å². The zero-order chi connectivity index (χ0) is 29.3. The van der Waals surface area contributed by atoms with Crippen LogP contribution in [0.15, 0.2) is 83.3 Å². The third-order valence-corrected chi connectivity index (χ3v) is 12.3. The minimum Gasteiger partial charge on any atom is -0.457 e. The van der Waals surface area contributed by atoms with Gasteiger partial charge in [0.2, 0.25) is 0 Å². The van der Waals surface area contributed by atoms with E-state index in [0.29, 0.717) is 7.48 Å². The number of rotatable bonds is 5. The Balaban J connectivity index is 1.12. The van der Waals surface area contributed by atoms with Crippen LogP contribution in [0.2, 0.25) is 0 Å². The van der Waals surface area contributed by atoms with Crippen LogP contribution in [0, 0.1) is 23.7 Å². The van der Waals surface area contributed by atoms with E-state index in [1.165, 1.54) is 47.9 Å². The van der Waals surface area contributed by atoms with Crippen molar-refractivity contribution in [3.63, 3.8) is 0 Å². The first-order valence-electron chi connectivity index (χ1n) is 16.2. The Morgan fingerprint density at radius 2 is 1.58 bits per heavy atom. The number of aliphatic hydroxyl groups is 1. The average Bonchev–Trinajstić information content (AvgIpc) is 3.66. The molecule has 4 fully saturated rings. The van der Waals surface area contributed by atoms with Crippen molar-refractivity contribution in [2.75, 3.05) is 0 Å². The van der Waals surface area contributed by atoms with Crippen molar-refractivity contribution in [2.45, 2.75) is 70.0 Å². The van der Waals surface area contributed by atoms with Crippen LogP contribution in [0.5, 0.6) is 0 Å². The first kappa shape index (κ1) is 26.1. The van der Waals surface area contributed by atoms with Gasteiger partial charge in [0.05, 0.1) is 11.2 Å². The highest BCUT2D eigenvalue weighted by Gasteiger charge is 2.65. The molecule has 1 heterocycles. The molecule has 10 rings (SSSR count). The summed E-state index contributed by atoms with van der Waals surface area (Å²) in [6.07, 6.45) is 5.71. The van der Waals surface area contributed by atoms with E-state index in [1.807, 2.05) is 13.8 Å². The Kier molecular flexibility index (Phi) is 5.25. The lowest BCUT2D eigenvalue weighted by molar-refractivity contribution is -0.0893. The normalized spacial score (nSPS) is 27.0. The van der Waals surface area contributed by atoms with Crippen molar-refractivity contribution in [3.05, 3.63) is 90.0 Å². The van der Waals surface area contributed by atoms with Gasteiger partial charge in [-0.3, -0.25) is 0 Å². The predicted octanol–water partition coefficient (Wildman–Crippen LogP) is 8.13. The van der Waals surface area contributed by atoms with E-state index < -0.39 is 11.2 Å². The summed E-state index contributed by atoms with van der Waals surface area (Å²) in [6, 6.07) is 29.5. The molecule has 0 saturated heterocycles. The fraction of sp³-hybridized carbons (Fsp3) is 0.385. The second-order valence-corrected chi connectivity index (χ2v) is 15.0. The van der Waals surface area contributed by atoms with E-state index in [2.05, 4.69) is 78.9 Å². The van der Waals surface area contributed by atoms with Crippen LogP contribution >= 0.6 is 0 Å². The number of hydrogen-bond acceptors (Lipinski definition) is 3.